The molecule has 0 radical (unpaired) electrons. The lowest BCUT2D eigenvalue weighted by Gasteiger charge is -2.02. The zero-order valence-electron chi connectivity index (χ0n) is 15.7. The van der Waals surface area contributed by atoms with Gasteiger partial charge in [-0.15, -0.1) is 22.7 Å². The maximum Gasteiger partial charge on any atom is 0.257 e. The Balaban J connectivity index is 1.28. The summed E-state index contributed by atoms with van der Waals surface area (Å²) >= 11 is 2.79. The smallest absolute Gasteiger partial charge is 0.257 e. The van der Waals surface area contributed by atoms with Crippen molar-refractivity contribution in [3.05, 3.63) is 81.9 Å². The summed E-state index contributed by atoms with van der Waals surface area (Å²) < 4.78 is 0. The molecule has 3 heterocycles. The molecule has 4 rings (SSSR count). The van der Waals surface area contributed by atoms with E-state index in [1.807, 2.05) is 23.6 Å². The van der Waals surface area contributed by atoms with Crippen LogP contribution in [0.15, 0.2) is 65.6 Å². The van der Waals surface area contributed by atoms with Crippen LogP contribution in [-0.2, 0) is 17.8 Å². The summed E-state index contributed by atoms with van der Waals surface area (Å²) in [6, 6.07) is 12.7. The molecule has 7 nitrogen and oxygen atoms in total. The molecule has 30 heavy (non-hydrogen) atoms. The number of benzene rings is 1. The van der Waals surface area contributed by atoms with Crippen molar-refractivity contribution < 1.29 is 9.59 Å². The van der Waals surface area contributed by atoms with Crippen molar-refractivity contribution in [1.82, 2.24) is 20.3 Å². The van der Waals surface area contributed by atoms with Crippen LogP contribution in [0.1, 0.15) is 21.1 Å². The third kappa shape index (κ3) is 5.13. The van der Waals surface area contributed by atoms with Crippen LogP contribution < -0.4 is 10.6 Å². The maximum absolute atomic E-state index is 12.3. The third-order valence-corrected chi connectivity index (χ3v) is 5.77. The van der Waals surface area contributed by atoms with E-state index in [0.29, 0.717) is 22.9 Å². The van der Waals surface area contributed by atoms with Gasteiger partial charge in [0, 0.05) is 34.3 Å². The Morgan fingerprint density at radius 2 is 1.73 bits per heavy atom. The fraction of sp³-hybridized carbons (Fsp3) is 0.0952. The third-order valence-electron chi connectivity index (χ3n) is 4.11. The van der Waals surface area contributed by atoms with E-state index >= 15 is 0 Å². The molecule has 0 aliphatic rings. The average Bonchev–Trinajstić information content (AvgIpc) is 3.43. The number of amides is 2. The molecule has 2 amide bonds. The number of rotatable bonds is 7. The molecule has 0 fully saturated rings. The number of nitrogens with one attached hydrogen (secondary N) is 2. The number of nitrogens with zero attached hydrogens (tertiary/aromatic N) is 3. The Morgan fingerprint density at radius 3 is 2.53 bits per heavy atom. The van der Waals surface area contributed by atoms with Crippen LogP contribution in [0, 0.1) is 0 Å². The summed E-state index contributed by atoms with van der Waals surface area (Å²) in [5.41, 5.74) is 3.02. The number of aromatic nitrogens is 3. The minimum Gasteiger partial charge on any atom is -0.349 e. The zero-order valence-corrected chi connectivity index (χ0v) is 17.4. The Morgan fingerprint density at radius 1 is 0.933 bits per heavy atom. The molecule has 3 aromatic heterocycles. The van der Waals surface area contributed by atoms with Gasteiger partial charge in [-0.2, -0.15) is 0 Å². The molecule has 0 unspecified atom stereocenters. The molecule has 9 heteroatoms. The van der Waals surface area contributed by atoms with Gasteiger partial charge in [0.1, 0.15) is 5.01 Å². The highest BCUT2D eigenvalue weighted by molar-refractivity contribution is 7.14. The predicted octanol–water partition coefficient (Wildman–Crippen LogP) is 3.77. The molecular formula is C21H17N5O2S2. The molecule has 0 spiro atoms. The lowest BCUT2D eigenvalue weighted by atomic mass is 10.2. The standard InChI is InChI=1S/C21H17N5O2S2/c27-18(23-11-19-25-17(13-29-19)14-6-8-22-9-7-14)10-16-12-30-21(24-16)26-20(28)15-4-2-1-3-5-15/h1-9,12-13H,10-11H2,(H,23,27)(H,24,26,28). The van der Waals surface area contributed by atoms with Gasteiger partial charge >= 0.3 is 0 Å². The van der Waals surface area contributed by atoms with Gasteiger partial charge in [0.15, 0.2) is 5.13 Å². The first-order valence-corrected chi connectivity index (χ1v) is 10.9. The quantitative estimate of drug-likeness (QED) is 0.461. The van der Waals surface area contributed by atoms with E-state index in [4.69, 9.17) is 0 Å². The Bertz CT molecular complexity index is 1140. The number of carbonyl (C=O) groups excluding carboxylic acids is 2. The molecule has 0 bridgehead atoms. The van der Waals surface area contributed by atoms with Gasteiger partial charge in [-0.05, 0) is 24.3 Å². The number of anilines is 1. The van der Waals surface area contributed by atoms with Gasteiger partial charge < -0.3 is 5.32 Å². The number of pyridine rings is 1. The van der Waals surface area contributed by atoms with Crippen LogP contribution in [0.25, 0.3) is 11.3 Å². The number of thiazole rings is 2. The van der Waals surface area contributed by atoms with Crippen molar-refractivity contribution in [3.63, 3.8) is 0 Å². The molecule has 0 saturated carbocycles. The number of carbonyl (C=O) groups is 2. The summed E-state index contributed by atoms with van der Waals surface area (Å²) in [4.78, 5) is 37.3. The van der Waals surface area contributed by atoms with E-state index in [2.05, 4.69) is 25.6 Å². The van der Waals surface area contributed by atoms with Crippen LogP contribution >= 0.6 is 22.7 Å². The second kappa shape index (κ2) is 9.38. The Hall–Kier alpha value is -3.43. The summed E-state index contributed by atoms with van der Waals surface area (Å²) in [5.74, 6) is -0.378. The van der Waals surface area contributed by atoms with Crippen molar-refractivity contribution in [2.24, 2.45) is 0 Å². The highest BCUT2D eigenvalue weighted by atomic mass is 32.1. The average molecular weight is 436 g/mol. The molecule has 0 aliphatic heterocycles. The van der Waals surface area contributed by atoms with Crippen molar-refractivity contribution in [1.29, 1.82) is 0 Å². The van der Waals surface area contributed by atoms with Gasteiger partial charge in [-0.25, -0.2) is 9.97 Å². The summed E-state index contributed by atoms with van der Waals surface area (Å²) in [6.45, 7) is 0.357. The largest absolute Gasteiger partial charge is 0.349 e. The van der Waals surface area contributed by atoms with E-state index in [1.165, 1.54) is 22.7 Å². The van der Waals surface area contributed by atoms with Gasteiger partial charge in [0.05, 0.1) is 24.4 Å². The molecule has 150 valence electrons. The topological polar surface area (TPSA) is 96.9 Å². The first kappa shape index (κ1) is 19.9. The van der Waals surface area contributed by atoms with Crippen molar-refractivity contribution in [2.45, 2.75) is 13.0 Å². The highest BCUT2D eigenvalue weighted by Crippen LogP contribution is 2.21. The lowest BCUT2D eigenvalue weighted by Crippen LogP contribution is -2.24. The molecule has 4 aromatic rings. The van der Waals surface area contributed by atoms with Gasteiger partial charge in [-0.3, -0.25) is 19.9 Å². The zero-order chi connectivity index (χ0) is 20.8. The fourth-order valence-electron chi connectivity index (χ4n) is 2.65. The van der Waals surface area contributed by atoms with E-state index < -0.39 is 0 Å². The summed E-state index contributed by atoms with van der Waals surface area (Å²) in [7, 11) is 0. The van der Waals surface area contributed by atoms with Gasteiger partial charge in [-0.1, -0.05) is 18.2 Å². The number of hydrogen-bond acceptors (Lipinski definition) is 7. The maximum atomic E-state index is 12.3. The molecule has 0 aliphatic carbocycles. The van der Waals surface area contributed by atoms with E-state index in [1.54, 1.807) is 42.0 Å². The first-order chi connectivity index (χ1) is 14.7. The molecule has 1 aromatic carbocycles. The predicted molar refractivity (Wildman–Crippen MR) is 117 cm³/mol. The van der Waals surface area contributed by atoms with Crippen LogP contribution in [0.2, 0.25) is 0 Å². The van der Waals surface area contributed by atoms with E-state index in [-0.39, 0.29) is 18.2 Å². The van der Waals surface area contributed by atoms with Crippen LogP contribution in [0.5, 0.6) is 0 Å². The monoisotopic (exact) mass is 435 g/mol. The summed E-state index contributed by atoms with van der Waals surface area (Å²) in [6.07, 6.45) is 3.58. The second-order valence-electron chi connectivity index (χ2n) is 6.28. The fourth-order valence-corrected chi connectivity index (χ4v) is 4.10. The van der Waals surface area contributed by atoms with E-state index in [0.717, 1.165) is 16.3 Å². The van der Waals surface area contributed by atoms with Crippen LogP contribution in [-0.4, -0.2) is 26.8 Å². The molecule has 0 saturated heterocycles. The van der Waals surface area contributed by atoms with Crippen molar-refractivity contribution >= 4 is 39.6 Å². The first-order valence-electron chi connectivity index (χ1n) is 9.09. The van der Waals surface area contributed by atoms with Crippen LogP contribution in [0.3, 0.4) is 0 Å². The summed E-state index contributed by atoms with van der Waals surface area (Å²) in [5, 5.41) is 10.6. The minimum atomic E-state index is -0.227. The lowest BCUT2D eigenvalue weighted by molar-refractivity contribution is -0.120. The highest BCUT2D eigenvalue weighted by Gasteiger charge is 2.12. The Kier molecular flexibility index (Phi) is 6.21. The van der Waals surface area contributed by atoms with Gasteiger partial charge in [0.25, 0.3) is 5.91 Å². The SMILES string of the molecule is O=C(Cc1csc(NC(=O)c2ccccc2)n1)NCc1nc(-c2ccncc2)cs1. The molecule has 0 atom stereocenters. The van der Waals surface area contributed by atoms with Crippen molar-refractivity contribution in [3.8, 4) is 11.3 Å². The second-order valence-corrected chi connectivity index (χ2v) is 8.08. The van der Waals surface area contributed by atoms with Crippen LogP contribution in [0.4, 0.5) is 5.13 Å². The molecule has 2 N–H and O–H groups in total. The number of hydrogen-bond donors (Lipinski definition) is 2. The van der Waals surface area contributed by atoms with E-state index in [9.17, 15) is 9.59 Å². The minimum absolute atomic E-state index is 0.139. The Labute approximate surface area is 180 Å². The van der Waals surface area contributed by atoms with Gasteiger partial charge in [0.2, 0.25) is 5.91 Å². The molecular weight excluding hydrogens is 418 g/mol. The van der Waals surface area contributed by atoms with Crippen molar-refractivity contribution in [2.75, 3.05) is 5.32 Å². The normalized spacial score (nSPS) is 10.5.